The summed E-state index contributed by atoms with van der Waals surface area (Å²) in [5, 5.41) is 0. The molecular weight excluding hydrogens is 162 g/mol. The van der Waals surface area contributed by atoms with Crippen molar-refractivity contribution in [3.05, 3.63) is 0 Å². The van der Waals surface area contributed by atoms with Crippen molar-refractivity contribution in [3.63, 3.8) is 0 Å². The van der Waals surface area contributed by atoms with Crippen LogP contribution in [0.25, 0.3) is 0 Å². The van der Waals surface area contributed by atoms with Gasteiger partial charge in [-0.25, -0.2) is 0 Å². The van der Waals surface area contributed by atoms with Crippen LogP contribution in [0.4, 0.5) is 0 Å². The molecule has 0 aromatic heterocycles. The molecule has 3 rings (SSSR count). The van der Waals surface area contributed by atoms with E-state index in [0.29, 0.717) is 11.9 Å². The molecule has 0 aromatic carbocycles. The highest BCUT2D eigenvalue weighted by atomic mass is 16.2. The van der Waals surface area contributed by atoms with Gasteiger partial charge in [0.25, 0.3) is 0 Å². The predicted octanol–water partition coefficient (Wildman–Crippen LogP) is 2.43. The summed E-state index contributed by atoms with van der Waals surface area (Å²) < 4.78 is 0. The Kier molecular flexibility index (Phi) is 2.99. The first-order valence-electron chi connectivity index (χ1n) is 5.41. The molecular formula is C11H21NO. The summed E-state index contributed by atoms with van der Waals surface area (Å²) in [6.07, 6.45) is 4.67. The SMILES string of the molecule is CC.CN1C(=O)C2(C)CCC1CC2. The first kappa shape index (κ1) is 10.6. The largest absolute Gasteiger partial charge is 0.342 e. The molecule has 1 amide bonds. The maximum absolute atomic E-state index is 11.6. The van der Waals surface area contributed by atoms with Gasteiger partial charge in [-0.3, -0.25) is 4.79 Å². The molecule has 2 bridgehead atoms. The second-order valence-electron chi connectivity index (χ2n) is 4.21. The van der Waals surface area contributed by atoms with Crippen molar-refractivity contribution in [2.45, 2.75) is 52.5 Å². The molecule has 2 nitrogen and oxygen atoms in total. The zero-order valence-electron chi connectivity index (χ0n) is 9.26. The van der Waals surface area contributed by atoms with Crippen molar-refractivity contribution in [2.24, 2.45) is 5.41 Å². The third-order valence-corrected chi connectivity index (χ3v) is 3.44. The Morgan fingerprint density at radius 3 is 2.08 bits per heavy atom. The molecule has 2 saturated heterocycles. The number of piperidine rings is 2. The van der Waals surface area contributed by atoms with E-state index in [2.05, 4.69) is 6.92 Å². The average Bonchev–Trinajstić information content (AvgIpc) is 2.18. The highest BCUT2D eigenvalue weighted by molar-refractivity contribution is 5.84. The Balaban J connectivity index is 0.000000396. The molecule has 13 heavy (non-hydrogen) atoms. The standard InChI is InChI=1S/C9H15NO.C2H6/c1-9-5-3-7(4-6-9)10(2)8(9)11;1-2/h7H,3-6H2,1-2H3;1-2H3. The number of fused-ring (bicyclic) bond motifs is 3. The van der Waals surface area contributed by atoms with Crippen molar-refractivity contribution < 1.29 is 4.79 Å². The fraction of sp³-hybridized carbons (Fsp3) is 0.909. The molecule has 2 aliphatic heterocycles. The number of nitrogens with zero attached hydrogens (tertiary/aromatic N) is 1. The number of rotatable bonds is 0. The van der Waals surface area contributed by atoms with E-state index in [9.17, 15) is 4.79 Å². The first-order valence-corrected chi connectivity index (χ1v) is 5.41. The Morgan fingerprint density at radius 2 is 1.77 bits per heavy atom. The average molecular weight is 183 g/mol. The van der Waals surface area contributed by atoms with Crippen molar-refractivity contribution in [2.75, 3.05) is 7.05 Å². The van der Waals surface area contributed by atoms with Gasteiger partial charge in [-0.05, 0) is 25.7 Å². The van der Waals surface area contributed by atoms with Crippen molar-refractivity contribution in [1.29, 1.82) is 0 Å². The summed E-state index contributed by atoms with van der Waals surface area (Å²) in [7, 11) is 1.95. The maximum atomic E-state index is 11.6. The van der Waals surface area contributed by atoms with Crippen LogP contribution in [0.2, 0.25) is 0 Å². The van der Waals surface area contributed by atoms with E-state index in [1.165, 1.54) is 12.8 Å². The third-order valence-electron chi connectivity index (χ3n) is 3.44. The van der Waals surface area contributed by atoms with Gasteiger partial charge in [0.2, 0.25) is 5.91 Å². The molecule has 76 valence electrons. The van der Waals surface area contributed by atoms with Crippen LogP contribution < -0.4 is 0 Å². The van der Waals surface area contributed by atoms with E-state index in [0.717, 1.165) is 12.8 Å². The minimum atomic E-state index is 0.00347. The Labute approximate surface area is 81.3 Å². The molecule has 3 aliphatic rings. The summed E-state index contributed by atoms with van der Waals surface area (Å²) in [6, 6.07) is 0.560. The summed E-state index contributed by atoms with van der Waals surface area (Å²) in [5.41, 5.74) is 0.00347. The number of carbonyl (C=O) groups excluding carboxylic acids is 1. The molecule has 0 radical (unpaired) electrons. The van der Waals surface area contributed by atoms with Gasteiger partial charge in [0.1, 0.15) is 0 Å². The van der Waals surface area contributed by atoms with Gasteiger partial charge >= 0.3 is 0 Å². The van der Waals surface area contributed by atoms with Gasteiger partial charge in [0.15, 0.2) is 0 Å². The lowest BCUT2D eigenvalue weighted by Crippen LogP contribution is -2.55. The smallest absolute Gasteiger partial charge is 0.228 e. The topological polar surface area (TPSA) is 20.3 Å². The number of hydrogen-bond acceptors (Lipinski definition) is 1. The lowest BCUT2D eigenvalue weighted by molar-refractivity contribution is -0.153. The fourth-order valence-corrected chi connectivity index (χ4v) is 2.43. The fourth-order valence-electron chi connectivity index (χ4n) is 2.43. The van der Waals surface area contributed by atoms with Gasteiger partial charge in [-0.2, -0.15) is 0 Å². The monoisotopic (exact) mass is 183 g/mol. The van der Waals surface area contributed by atoms with E-state index in [-0.39, 0.29) is 5.41 Å². The van der Waals surface area contributed by atoms with Crippen LogP contribution in [0.1, 0.15) is 46.5 Å². The van der Waals surface area contributed by atoms with Gasteiger partial charge in [0.05, 0.1) is 0 Å². The zero-order chi connectivity index (χ0) is 10.1. The van der Waals surface area contributed by atoms with Gasteiger partial charge in [-0.1, -0.05) is 20.8 Å². The lowest BCUT2D eigenvalue weighted by atomic mass is 9.68. The molecule has 1 aliphatic carbocycles. The van der Waals surface area contributed by atoms with Crippen LogP contribution in [-0.2, 0) is 4.79 Å². The van der Waals surface area contributed by atoms with E-state index < -0.39 is 0 Å². The van der Waals surface area contributed by atoms with Gasteiger partial charge < -0.3 is 4.90 Å². The van der Waals surface area contributed by atoms with E-state index in [1.807, 2.05) is 25.8 Å². The highest BCUT2D eigenvalue weighted by Gasteiger charge is 2.46. The molecule has 0 unspecified atom stereocenters. The molecule has 0 aromatic rings. The molecule has 0 spiro atoms. The highest BCUT2D eigenvalue weighted by Crippen LogP contribution is 2.44. The second-order valence-corrected chi connectivity index (χ2v) is 4.21. The zero-order valence-corrected chi connectivity index (χ0v) is 9.26. The quantitative estimate of drug-likeness (QED) is 0.565. The lowest BCUT2D eigenvalue weighted by Gasteiger charge is -2.48. The molecule has 0 N–H and O–H groups in total. The summed E-state index contributed by atoms with van der Waals surface area (Å²) in [4.78, 5) is 13.6. The van der Waals surface area contributed by atoms with Crippen LogP contribution in [0.15, 0.2) is 0 Å². The Morgan fingerprint density at radius 1 is 1.31 bits per heavy atom. The number of hydrogen-bond donors (Lipinski definition) is 0. The first-order chi connectivity index (χ1) is 6.13. The summed E-state index contributed by atoms with van der Waals surface area (Å²) in [5.74, 6) is 0.375. The summed E-state index contributed by atoms with van der Waals surface area (Å²) in [6.45, 7) is 6.11. The second kappa shape index (κ2) is 3.69. The Hall–Kier alpha value is -0.530. The van der Waals surface area contributed by atoms with Crippen LogP contribution in [-0.4, -0.2) is 23.9 Å². The van der Waals surface area contributed by atoms with Crippen LogP contribution in [0, 0.1) is 5.41 Å². The van der Waals surface area contributed by atoms with E-state index >= 15 is 0 Å². The minimum absolute atomic E-state index is 0.00347. The minimum Gasteiger partial charge on any atom is -0.342 e. The van der Waals surface area contributed by atoms with Crippen LogP contribution in [0.3, 0.4) is 0 Å². The Bertz CT molecular complexity index is 192. The molecule has 2 heteroatoms. The van der Waals surface area contributed by atoms with E-state index in [4.69, 9.17) is 0 Å². The summed E-state index contributed by atoms with van der Waals surface area (Å²) >= 11 is 0. The maximum Gasteiger partial charge on any atom is 0.228 e. The number of carbonyl (C=O) groups is 1. The number of amides is 1. The normalized spacial score (nSPS) is 37.1. The molecule has 2 heterocycles. The molecule has 0 atom stereocenters. The van der Waals surface area contributed by atoms with Crippen LogP contribution >= 0.6 is 0 Å². The van der Waals surface area contributed by atoms with Crippen molar-refractivity contribution in [1.82, 2.24) is 4.90 Å². The predicted molar refractivity (Wildman–Crippen MR) is 54.5 cm³/mol. The van der Waals surface area contributed by atoms with Crippen molar-refractivity contribution in [3.8, 4) is 0 Å². The van der Waals surface area contributed by atoms with Crippen molar-refractivity contribution >= 4 is 5.91 Å². The van der Waals surface area contributed by atoms with Gasteiger partial charge in [0, 0.05) is 18.5 Å². The van der Waals surface area contributed by atoms with Gasteiger partial charge in [-0.15, -0.1) is 0 Å². The molecule has 3 fully saturated rings. The third kappa shape index (κ3) is 1.59. The van der Waals surface area contributed by atoms with E-state index in [1.54, 1.807) is 0 Å². The van der Waals surface area contributed by atoms with Crippen LogP contribution in [0.5, 0.6) is 0 Å². The molecule has 1 saturated carbocycles.